The minimum atomic E-state index is -0.218. The highest BCUT2D eigenvalue weighted by molar-refractivity contribution is 9.10. The monoisotopic (exact) mass is 243 g/mol. The van der Waals surface area contributed by atoms with Gasteiger partial charge >= 0.3 is 0 Å². The molecule has 0 heterocycles. The van der Waals surface area contributed by atoms with Crippen LogP contribution in [-0.2, 0) is 0 Å². The Balaban J connectivity index is 3.20. The van der Waals surface area contributed by atoms with Crippen molar-refractivity contribution in [3.63, 3.8) is 0 Å². The van der Waals surface area contributed by atoms with E-state index in [2.05, 4.69) is 15.9 Å². The van der Waals surface area contributed by atoms with Gasteiger partial charge in [-0.25, -0.2) is 0 Å². The molecule has 0 bridgehead atoms. The van der Waals surface area contributed by atoms with Gasteiger partial charge in [0.25, 0.3) is 5.91 Å². The molecule has 0 atom stereocenters. The van der Waals surface area contributed by atoms with Gasteiger partial charge < -0.3 is 10.0 Å². The molecule has 1 aromatic rings. The first-order chi connectivity index (χ1) is 6.04. The van der Waals surface area contributed by atoms with Crippen LogP contribution in [-0.4, -0.2) is 30.0 Å². The highest BCUT2D eigenvalue weighted by atomic mass is 79.9. The number of phenolic OH excluding ortho intramolecular Hbond substituents is 1. The van der Waals surface area contributed by atoms with Crippen molar-refractivity contribution in [2.45, 2.75) is 0 Å². The molecule has 0 spiro atoms. The molecular weight excluding hydrogens is 234 g/mol. The number of carbonyl (C=O) groups excluding carboxylic acids is 1. The predicted molar refractivity (Wildman–Crippen MR) is 53.8 cm³/mol. The fourth-order valence-electron chi connectivity index (χ4n) is 0.948. The first-order valence-corrected chi connectivity index (χ1v) is 4.52. The maximum Gasteiger partial charge on any atom is 0.258 e. The van der Waals surface area contributed by atoms with E-state index in [1.54, 1.807) is 26.2 Å². The second-order valence-corrected chi connectivity index (χ2v) is 3.69. The van der Waals surface area contributed by atoms with Crippen LogP contribution in [0.4, 0.5) is 0 Å². The van der Waals surface area contributed by atoms with E-state index in [0.29, 0.717) is 10.0 Å². The summed E-state index contributed by atoms with van der Waals surface area (Å²) in [5, 5.41) is 9.43. The van der Waals surface area contributed by atoms with Crippen molar-refractivity contribution in [3.05, 3.63) is 28.2 Å². The number of nitrogens with zero attached hydrogens (tertiary/aromatic N) is 1. The number of aromatic hydroxyl groups is 1. The topological polar surface area (TPSA) is 40.5 Å². The van der Waals surface area contributed by atoms with Crippen LogP contribution in [0.25, 0.3) is 0 Å². The number of halogens is 1. The smallest absolute Gasteiger partial charge is 0.258 e. The average Bonchev–Trinajstić information content (AvgIpc) is 2.03. The standard InChI is InChI=1S/C9H10BrNO2/c1-11(2)9(13)8-6(10)4-3-5-7(8)12/h3-5,12H,1-2H3. The molecule has 13 heavy (non-hydrogen) atoms. The van der Waals surface area contributed by atoms with Gasteiger partial charge in [0.2, 0.25) is 0 Å². The van der Waals surface area contributed by atoms with Crippen molar-refractivity contribution >= 4 is 21.8 Å². The minimum absolute atomic E-state index is 0.00641. The van der Waals surface area contributed by atoms with Gasteiger partial charge in [0.15, 0.2) is 0 Å². The lowest BCUT2D eigenvalue weighted by atomic mass is 10.2. The Labute approximate surface area is 85.1 Å². The van der Waals surface area contributed by atoms with Crippen molar-refractivity contribution in [2.24, 2.45) is 0 Å². The van der Waals surface area contributed by atoms with E-state index in [0.717, 1.165) is 0 Å². The first kappa shape index (κ1) is 10.1. The Morgan fingerprint density at radius 2 is 2.08 bits per heavy atom. The van der Waals surface area contributed by atoms with E-state index >= 15 is 0 Å². The summed E-state index contributed by atoms with van der Waals surface area (Å²) in [6.45, 7) is 0. The molecule has 1 aromatic carbocycles. The second kappa shape index (κ2) is 3.79. The Kier molecular flexibility index (Phi) is 2.93. The summed E-state index contributed by atoms with van der Waals surface area (Å²) in [7, 11) is 3.28. The van der Waals surface area contributed by atoms with Crippen molar-refractivity contribution in [1.82, 2.24) is 4.90 Å². The fraction of sp³-hybridized carbons (Fsp3) is 0.222. The number of carbonyl (C=O) groups is 1. The van der Waals surface area contributed by atoms with Crippen molar-refractivity contribution in [3.8, 4) is 5.75 Å². The predicted octanol–water partition coefficient (Wildman–Crippen LogP) is 1.86. The van der Waals surface area contributed by atoms with E-state index in [1.807, 2.05) is 0 Å². The number of amides is 1. The Morgan fingerprint density at radius 1 is 1.46 bits per heavy atom. The van der Waals surface area contributed by atoms with Gasteiger partial charge in [0, 0.05) is 18.6 Å². The molecule has 0 aliphatic carbocycles. The van der Waals surface area contributed by atoms with Crippen LogP contribution in [0, 0.1) is 0 Å². The highest BCUT2D eigenvalue weighted by Gasteiger charge is 2.15. The van der Waals surface area contributed by atoms with E-state index in [-0.39, 0.29) is 11.7 Å². The molecule has 4 heteroatoms. The van der Waals surface area contributed by atoms with Crippen LogP contribution in [0.3, 0.4) is 0 Å². The van der Waals surface area contributed by atoms with Crippen LogP contribution >= 0.6 is 15.9 Å². The third-order valence-corrected chi connectivity index (χ3v) is 2.27. The number of hydrogen-bond acceptors (Lipinski definition) is 2. The number of benzene rings is 1. The Hall–Kier alpha value is -1.03. The van der Waals surface area contributed by atoms with E-state index < -0.39 is 0 Å². The number of rotatable bonds is 1. The van der Waals surface area contributed by atoms with Crippen LogP contribution in [0.5, 0.6) is 5.75 Å². The summed E-state index contributed by atoms with van der Waals surface area (Å²) in [5.41, 5.74) is 0.299. The lowest BCUT2D eigenvalue weighted by Crippen LogP contribution is -2.22. The van der Waals surface area contributed by atoms with Crippen LogP contribution < -0.4 is 0 Å². The lowest BCUT2D eigenvalue weighted by Gasteiger charge is -2.12. The van der Waals surface area contributed by atoms with Gasteiger partial charge in [0.1, 0.15) is 5.75 Å². The van der Waals surface area contributed by atoms with E-state index in [9.17, 15) is 9.90 Å². The van der Waals surface area contributed by atoms with Gasteiger partial charge in [-0.05, 0) is 28.1 Å². The highest BCUT2D eigenvalue weighted by Crippen LogP contribution is 2.26. The molecule has 0 saturated carbocycles. The molecule has 0 radical (unpaired) electrons. The Morgan fingerprint density at radius 3 is 2.54 bits per heavy atom. The average molecular weight is 244 g/mol. The summed E-state index contributed by atoms with van der Waals surface area (Å²) in [4.78, 5) is 12.9. The number of phenols is 1. The lowest BCUT2D eigenvalue weighted by molar-refractivity contribution is 0.0823. The van der Waals surface area contributed by atoms with Gasteiger partial charge in [-0.1, -0.05) is 6.07 Å². The molecule has 1 rings (SSSR count). The maximum absolute atomic E-state index is 11.5. The zero-order valence-corrected chi connectivity index (χ0v) is 9.00. The van der Waals surface area contributed by atoms with Crippen LogP contribution in [0.2, 0.25) is 0 Å². The van der Waals surface area contributed by atoms with Gasteiger partial charge in [-0.2, -0.15) is 0 Å². The normalized spacial score (nSPS) is 9.77. The molecule has 0 unspecified atom stereocenters. The molecule has 0 fully saturated rings. The quantitative estimate of drug-likeness (QED) is 0.819. The van der Waals surface area contributed by atoms with Gasteiger partial charge in [0.05, 0.1) is 5.56 Å². The van der Waals surface area contributed by atoms with Crippen molar-refractivity contribution < 1.29 is 9.90 Å². The molecular formula is C9H10BrNO2. The molecule has 0 aromatic heterocycles. The van der Waals surface area contributed by atoms with Gasteiger partial charge in [-0.3, -0.25) is 4.79 Å². The third kappa shape index (κ3) is 2.01. The van der Waals surface area contributed by atoms with Crippen molar-refractivity contribution in [2.75, 3.05) is 14.1 Å². The van der Waals surface area contributed by atoms with Crippen LogP contribution in [0.1, 0.15) is 10.4 Å². The number of hydrogen-bond donors (Lipinski definition) is 1. The zero-order chi connectivity index (χ0) is 10.0. The molecule has 3 nitrogen and oxygen atoms in total. The summed E-state index contributed by atoms with van der Waals surface area (Å²) < 4.78 is 0.603. The summed E-state index contributed by atoms with van der Waals surface area (Å²) in [5.74, 6) is -0.224. The molecule has 0 saturated heterocycles. The first-order valence-electron chi connectivity index (χ1n) is 3.73. The van der Waals surface area contributed by atoms with E-state index in [4.69, 9.17) is 0 Å². The SMILES string of the molecule is CN(C)C(=O)c1c(O)cccc1Br. The Bertz CT molecular complexity index is 316. The van der Waals surface area contributed by atoms with E-state index in [1.165, 1.54) is 11.0 Å². The molecule has 70 valence electrons. The molecule has 0 aliphatic heterocycles. The zero-order valence-electron chi connectivity index (χ0n) is 7.41. The second-order valence-electron chi connectivity index (χ2n) is 2.83. The summed E-state index contributed by atoms with van der Waals surface area (Å²) in [6.07, 6.45) is 0. The summed E-state index contributed by atoms with van der Waals surface area (Å²) >= 11 is 3.21. The molecule has 1 N–H and O–H groups in total. The fourth-order valence-corrected chi connectivity index (χ4v) is 1.47. The largest absolute Gasteiger partial charge is 0.507 e. The van der Waals surface area contributed by atoms with Gasteiger partial charge in [-0.15, -0.1) is 0 Å². The third-order valence-electron chi connectivity index (χ3n) is 1.61. The maximum atomic E-state index is 11.5. The minimum Gasteiger partial charge on any atom is -0.507 e. The van der Waals surface area contributed by atoms with Crippen LogP contribution in [0.15, 0.2) is 22.7 Å². The summed E-state index contributed by atoms with van der Waals surface area (Å²) in [6, 6.07) is 4.88. The molecule has 1 amide bonds. The molecule has 0 aliphatic rings. The van der Waals surface area contributed by atoms with Crippen molar-refractivity contribution in [1.29, 1.82) is 0 Å².